The number of ether oxygens (including phenoxy) is 6. The highest BCUT2D eigenvalue weighted by atomic mass is 16.6. The maximum atomic E-state index is 11.4. The van der Waals surface area contributed by atoms with Gasteiger partial charge in [0, 0.05) is 42.1 Å². The third-order valence-electron chi connectivity index (χ3n) is 2.97. The molecule has 0 aromatic rings. The smallest absolute Gasteiger partial charge is 0.303 e. The number of rotatable bonds is 11. The lowest BCUT2D eigenvalue weighted by molar-refractivity contribution is -0.188. The molecule has 0 aliphatic carbocycles. The van der Waals surface area contributed by atoms with Gasteiger partial charge in [-0.05, 0) is 0 Å². The number of esters is 3. The van der Waals surface area contributed by atoms with Crippen LogP contribution in [0.25, 0.3) is 0 Å². The fourth-order valence-corrected chi connectivity index (χ4v) is 1.99. The van der Waals surface area contributed by atoms with Crippen LogP contribution in [0.4, 0.5) is 0 Å². The van der Waals surface area contributed by atoms with Crippen LogP contribution in [-0.4, -0.2) is 76.8 Å². The average Bonchev–Trinajstić information content (AvgIpc) is 2.50. The predicted octanol–water partition coefficient (Wildman–Crippen LogP) is 0.0893. The topological polar surface area (TPSA) is 107 Å². The first-order chi connectivity index (χ1) is 11.7. The lowest BCUT2D eigenvalue weighted by Gasteiger charge is -2.34. The van der Waals surface area contributed by atoms with E-state index in [9.17, 15) is 14.4 Å². The summed E-state index contributed by atoms with van der Waals surface area (Å²) in [6.07, 6.45) is -3.98. The highest BCUT2D eigenvalue weighted by Gasteiger charge is 2.38. The molecule has 9 heteroatoms. The van der Waals surface area contributed by atoms with Crippen LogP contribution in [0.2, 0.25) is 0 Å². The molecule has 0 fully saturated rings. The van der Waals surface area contributed by atoms with Gasteiger partial charge < -0.3 is 28.4 Å². The summed E-state index contributed by atoms with van der Waals surface area (Å²) < 4.78 is 38.7. The first-order valence-corrected chi connectivity index (χ1v) is 7.16. The molecule has 0 saturated carbocycles. The molecule has 0 rings (SSSR count). The van der Waals surface area contributed by atoms with Gasteiger partial charge in [0.05, 0.1) is 1.37 Å². The van der Waals surface area contributed by atoms with Gasteiger partial charge in [-0.1, -0.05) is 0 Å². The van der Waals surface area contributed by atoms with Crippen LogP contribution in [0.15, 0.2) is 0 Å². The van der Waals surface area contributed by atoms with Crippen molar-refractivity contribution in [1.82, 2.24) is 0 Å². The number of carbonyl (C=O) groups excluding carboxylic acids is 3. The predicted molar refractivity (Wildman–Crippen MR) is 81.2 cm³/mol. The van der Waals surface area contributed by atoms with Crippen molar-refractivity contribution >= 4 is 17.9 Å². The van der Waals surface area contributed by atoms with Crippen molar-refractivity contribution in [1.29, 1.82) is 0 Å². The second kappa shape index (κ2) is 11.8. The van der Waals surface area contributed by atoms with Crippen LogP contribution in [0.5, 0.6) is 0 Å². The van der Waals surface area contributed by atoms with Gasteiger partial charge in [-0.2, -0.15) is 0 Å². The summed E-state index contributed by atoms with van der Waals surface area (Å²) >= 11 is 0. The summed E-state index contributed by atoms with van der Waals surface area (Å²) in [5.41, 5.74) is 0. The van der Waals surface area contributed by atoms with Gasteiger partial charge in [0.1, 0.15) is 31.5 Å². The first kappa shape index (κ1) is 20.3. The Labute approximate surface area is 142 Å². The Morgan fingerprint density at radius 2 is 1.29 bits per heavy atom. The molecule has 0 aromatic carbocycles. The minimum Gasteiger partial charge on any atom is -0.463 e. The van der Waals surface area contributed by atoms with Crippen LogP contribution >= 0.6 is 0 Å². The van der Waals surface area contributed by atoms with Crippen LogP contribution in [0.3, 0.4) is 0 Å². The average molecular weight is 351 g/mol. The van der Waals surface area contributed by atoms with E-state index in [1.807, 2.05) is 0 Å². The molecule has 0 N–H and O–H groups in total. The second-order valence-corrected chi connectivity index (χ2v) is 4.80. The molecule has 0 saturated heterocycles. The zero-order chi connectivity index (χ0) is 19.6. The Bertz CT molecular complexity index is 443. The zero-order valence-electron chi connectivity index (χ0n) is 15.8. The van der Waals surface area contributed by atoms with Crippen molar-refractivity contribution in [3.63, 3.8) is 0 Å². The maximum Gasteiger partial charge on any atom is 0.303 e. The Balaban J connectivity index is 5.47. The van der Waals surface area contributed by atoms with E-state index in [-0.39, 0.29) is 6.61 Å². The molecule has 0 aliphatic heterocycles. The quantitative estimate of drug-likeness (QED) is 0.378. The largest absolute Gasteiger partial charge is 0.463 e. The molecule has 0 radical (unpaired) electrons. The minimum absolute atomic E-state index is 0.278. The van der Waals surface area contributed by atoms with Gasteiger partial charge in [0.15, 0.2) is 6.10 Å². The van der Waals surface area contributed by atoms with Crippen molar-refractivity contribution in [2.45, 2.75) is 45.2 Å². The third kappa shape index (κ3) is 8.23. The summed E-state index contributed by atoms with van der Waals surface area (Å²) in [5.74, 6) is -1.85. The molecule has 0 bridgehead atoms. The van der Waals surface area contributed by atoms with Crippen LogP contribution in [-0.2, 0) is 42.8 Å². The van der Waals surface area contributed by atoms with Crippen molar-refractivity contribution in [2.24, 2.45) is 0 Å². The van der Waals surface area contributed by atoms with E-state index in [4.69, 9.17) is 29.8 Å². The lowest BCUT2D eigenvalue weighted by atomic mass is 10.0. The van der Waals surface area contributed by atoms with Crippen molar-refractivity contribution < 1.29 is 44.2 Å². The van der Waals surface area contributed by atoms with E-state index in [1.54, 1.807) is 0 Å². The summed E-state index contributed by atoms with van der Waals surface area (Å²) in [6, 6.07) is 0. The summed E-state index contributed by atoms with van der Waals surface area (Å²) in [5, 5.41) is 0. The van der Waals surface area contributed by atoms with E-state index in [0.29, 0.717) is 0 Å². The van der Waals surface area contributed by atoms with Crippen molar-refractivity contribution in [3.05, 3.63) is 0 Å². The maximum absolute atomic E-state index is 11.4. The van der Waals surface area contributed by atoms with Crippen molar-refractivity contribution in [3.8, 4) is 0 Å². The molecule has 0 heterocycles. The number of hydrogen-bond acceptors (Lipinski definition) is 9. The molecule has 0 amide bonds. The van der Waals surface area contributed by atoms with E-state index < -0.39 is 48.9 Å². The van der Waals surface area contributed by atoms with Gasteiger partial charge in [-0.15, -0.1) is 0 Å². The van der Waals surface area contributed by atoms with Crippen LogP contribution < -0.4 is 0 Å². The molecule has 140 valence electrons. The molecule has 5 unspecified atom stereocenters. The number of carbonyl (C=O) groups is 3. The lowest BCUT2D eigenvalue weighted by Crippen LogP contribution is -2.52. The monoisotopic (exact) mass is 351 g/mol. The molecule has 0 spiro atoms. The van der Waals surface area contributed by atoms with E-state index >= 15 is 0 Å². The Hall–Kier alpha value is -1.71. The summed E-state index contributed by atoms with van der Waals surface area (Å²) in [4.78, 5) is 33.5. The normalized spacial score (nSPS) is 17.7. The Morgan fingerprint density at radius 3 is 1.67 bits per heavy atom. The zero-order valence-corrected chi connectivity index (χ0v) is 14.8. The minimum atomic E-state index is -1.41. The van der Waals surface area contributed by atoms with Gasteiger partial charge in [0.25, 0.3) is 0 Å². The fraction of sp³-hybridized carbons (Fsp3) is 0.800. The number of hydrogen-bond donors (Lipinski definition) is 0. The highest BCUT2D eigenvalue weighted by molar-refractivity contribution is 5.67. The Morgan fingerprint density at radius 1 is 0.792 bits per heavy atom. The molecular weight excluding hydrogens is 324 g/mol. The summed E-state index contributed by atoms with van der Waals surface area (Å²) in [7, 11) is 3.97. The molecule has 0 aliphatic rings. The second-order valence-electron chi connectivity index (χ2n) is 4.80. The van der Waals surface area contributed by atoms with Gasteiger partial charge >= 0.3 is 17.9 Å². The van der Waals surface area contributed by atoms with E-state index in [0.717, 1.165) is 6.92 Å². The first-order valence-electron chi connectivity index (χ1n) is 7.74. The molecule has 24 heavy (non-hydrogen) atoms. The van der Waals surface area contributed by atoms with Crippen molar-refractivity contribution in [2.75, 3.05) is 34.5 Å². The number of methoxy groups -OCH3 is 3. The third-order valence-corrected chi connectivity index (χ3v) is 2.97. The van der Waals surface area contributed by atoms with E-state index in [1.165, 1.54) is 35.2 Å². The van der Waals surface area contributed by atoms with E-state index in [2.05, 4.69) is 0 Å². The van der Waals surface area contributed by atoms with Gasteiger partial charge in [-0.25, -0.2) is 0 Å². The summed E-state index contributed by atoms with van der Waals surface area (Å²) in [6.45, 7) is 1.87. The Kier molecular flexibility index (Phi) is 9.97. The molecule has 0 aromatic heterocycles. The van der Waals surface area contributed by atoms with Gasteiger partial charge in [-0.3, -0.25) is 14.4 Å². The SMILES string of the molecule is [2H]C(OC(C)=O)C(OC)C(OC)C(OC)C(COC(C)=O)OC(C)=O. The molecule has 9 nitrogen and oxygen atoms in total. The van der Waals surface area contributed by atoms with Crippen LogP contribution in [0.1, 0.15) is 22.1 Å². The fourth-order valence-electron chi connectivity index (χ4n) is 1.99. The molecule has 5 atom stereocenters. The van der Waals surface area contributed by atoms with Crippen LogP contribution in [0, 0.1) is 0 Å². The molecular formula is C15H26O9. The highest BCUT2D eigenvalue weighted by Crippen LogP contribution is 2.18. The van der Waals surface area contributed by atoms with Gasteiger partial charge in [0.2, 0.25) is 0 Å². The standard InChI is InChI=1S/C15H26O9/c1-9(16)22-7-12(19-4)14(20-5)15(21-6)13(24-11(3)18)8-23-10(2)17/h12-15H,7-8H2,1-6H3/i7D.